The topological polar surface area (TPSA) is 9.72 Å². The normalized spacial score (nSPS) is 13.9. The molecule has 0 amide bonds. The third-order valence-electron chi connectivity index (χ3n) is 34.4. The Labute approximate surface area is 873 Å². The van der Waals surface area contributed by atoms with E-state index in [0.717, 1.165) is 59.8 Å². The molecule has 0 bridgehead atoms. The Morgan fingerprint density at radius 2 is 0.432 bits per heavy atom. The molecule has 0 spiro atoms. The first-order valence-electron chi connectivity index (χ1n) is 56.5. The third-order valence-corrected chi connectivity index (χ3v) is 34.4. The van der Waals surface area contributed by atoms with Gasteiger partial charge in [0, 0.05) is 72.8 Å². The number of rotatable bonds is 46. The molecular weight excluding hydrogens is 1760 g/mol. The predicted molar refractivity (Wildman–Crippen MR) is 627 cm³/mol. The van der Waals surface area contributed by atoms with Crippen LogP contribution >= 0.6 is 0 Å². The Bertz CT molecular complexity index is 7250. The van der Waals surface area contributed by atoms with Crippen LogP contribution in [0.2, 0.25) is 0 Å². The molecule has 0 aromatic heterocycles. The van der Waals surface area contributed by atoms with Crippen LogP contribution in [0, 0.1) is 0 Å². The number of unbranched alkanes of at least 4 members (excludes halogenated alkanes) is 18. The van der Waals surface area contributed by atoms with E-state index in [-0.39, 0.29) is 16.2 Å². The zero-order valence-electron chi connectivity index (χ0n) is 87.9. The summed E-state index contributed by atoms with van der Waals surface area (Å²) in [6, 6.07) is 151. The molecule has 0 N–H and O–H groups in total. The first-order chi connectivity index (χ1) is 72.0. The van der Waals surface area contributed by atoms with Gasteiger partial charge in [0.25, 0.3) is 0 Å². The Kier molecular flexibility index (Phi) is 30.2. The van der Waals surface area contributed by atoms with E-state index in [0.29, 0.717) is 0 Å². The van der Waals surface area contributed by atoms with Crippen molar-refractivity contribution in [3.63, 3.8) is 0 Å². The Hall–Kier alpha value is -13.6. The van der Waals surface area contributed by atoms with Crippen molar-refractivity contribution in [1.29, 1.82) is 0 Å². The van der Waals surface area contributed by atoms with Crippen LogP contribution in [0.25, 0.3) is 88.7 Å². The van der Waals surface area contributed by atoms with Gasteiger partial charge >= 0.3 is 0 Å². The lowest BCUT2D eigenvalue weighted by atomic mass is 9.70. The molecule has 0 saturated heterocycles. The second-order valence-electron chi connectivity index (χ2n) is 43.3. The number of hydrogen-bond acceptors (Lipinski definition) is 3. The largest absolute Gasteiger partial charge is 0.310 e. The lowest BCUT2D eigenvalue weighted by Gasteiger charge is -2.34. The van der Waals surface area contributed by atoms with Crippen LogP contribution < -0.4 is 14.7 Å². The highest BCUT2D eigenvalue weighted by Crippen LogP contribution is 2.61. The molecule has 0 aliphatic heterocycles. The smallest absolute Gasteiger partial charge is 0.0465 e. The Morgan fingerprint density at radius 1 is 0.192 bits per heavy atom. The zero-order valence-corrected chi connectivity index (χ0v) is 87.9. The molecule has 146 heavy (non-hydrogen) atoms. The van der Waals surface area contributed by atoms with E-state index in [1.807, 2.05) is 0 Å². The van der Waals surface area contributed by atoms with E-state index >= 15 is 0 Å². The number of fused-ring (bicyclic) bond motifs is 12. The highest BCUT2D eigenvalue weighted by molar-refractivity contribution is 6.01. The summed E-state index contributed by atoms with van der Waals surface area (Å²) >= 11 is 0. The molecule has 3 heteroatoms. The maximum absolute atomic E-state index is 2.62. The number of anilines is 9. The van der Waals surface area contributed by atoms with Gasteiger partial charge in [-0.05, 0) is 317 Å². The quantitative estimate of drug-likeness (QED) is 0.0278. The van der Waals surface area contributed by atoms with Gasteiger partial charge in [0.1, 0.15) is 0 Å². The summed E-state index contributed by atoms with van der Waals surface area (Å²) in [6.45, 7) is 16.5. The number of para-hydroxylation sites is 2. The highest BCUT2D eigenvalue weighted by atomic mass is 15.2. The Morgan fingerprint density at radius 3 is 0.712 bits per heavy atom. The fourth-order valence-corrected chi connectivity index (χ4v) is 26.4. The predicted octanol–water partition coefficient (Wildman–Crippen LogP) is 42.0. The zero-order chi connectivity index (χ0) is 99.4. The van der Waals surface area contributed by atoms with E-state index in [4.69, 9.17) is 0 Å². The van der Waals surface area contributed by atoms with E-state index in [9.17, 15) is 0 Å². The molecule has 1 unspecified atom stereocenters. The average Bonchev–Trinajstić information content (AvgIpc) is 1.55. The summed E-state index contributed by atoms with van der Waals surface area (Å²) < 4.78 is 0. The SMILES string of the molecule is CCCCCCC1(CCCCCC)c2ccccc2-c2ccc(N(c3ccccc3)c3ccc(-c4ccc(N(c5ccc(-c6ccc(C(C)(c7ccc(-c8ccc(N(c9ccccc9)c9ccc%10c(c9)C(CCCCCC)(CCCCCC)c9ccccc9-%10)cc8)cc7)c7ccc(-c8cc9c(c%10ccccc8%10)CC9)cc7)cc6)cc5)c5ccc6c(c5)C(CCCCCC)(CCCCCC)c5ccccc5-6)cc4)cc3)cc21. The molecule has 0 radical (unpaired) electrons. The van der Waals surface area contributed by atoms with Crippen molar-refractivity contribution in [1.82, 2.24) is 0 Å². The fourth-order valence-electron chi connectivity index (χ4n) is 26.4. The molecule has 21 rings (SSSR count). The molecule has 4 aliphatic carbocycles. The first-order valence-corrected chi connectivity index (χ1v) is 56.5. The summed E-state index contributed by atoms with van der Waals surface area (Å²) in [5, 5.41) is 2.73. The lowest BCUT2D eigenvalue weighted by molar-refractivity contribution is 0.401. The first kappa shape index (κ1) is 98.4. The van der Waals surface area contributed by atoms with Crippen molar-refractivity contribution >= 4 is 62.0 Å². The molecule has 17 aromatic rings. The van der Waals surface area contributed by atoms with Crippen molar-refractivity contribution in [3.05, 3.63) is 449 Å². The second kappa shape index (κ2) is 44.8. The van der Waals surface area contributed by atoms with Crippen molar-refractivity contribution in [2.24, 2.45) is 0 Å². The molecule has 4 aliphatic rings. The van der Waals surface area contributed by atoms with E-state index in [1.54, 1.807) is 0 Å². The van der Waals surface area contributed by atoms with Gasteiger partial charge in [-0.3, -0.25) is 0 Å². The lowest BCUT2D eigenvalue weighted by Crippen LogP contribution is -2.26. The molecule has 0 heterocycles. The van der Waals surface area contributed by atoms with E-state index in [1.165, 1.54) is 347 Å². The van der Waals surface area contributed by atoms with Gasteiger partial charge in [-0.2, -0.15) is 0 Å². The Balaban J connectivity index is 0.612. The summed E-state index contributed by atoms with van der Waals surface area (Å²) in [4.78, 5) is 7.54. The van der Waals surface area contributed by atoms with Gasteiger partial charge in [0.2, 0.25) is 0 Å². The minimum atomic E-state index is -0.531. The van der Waals surface area contributed by atoms with Crippen LogP contribution in [0.4, 0.5) is 51.2 Å². The summed E-state index contributed by atoms with van der Waals surface area (Å²) in [5.74, 6) is 0. The van der Waals surface area contributed by atoms with Gasteiger partial charge in [-0.15, -0.1) is 0 Å². The highest BCUT2D eigenvalue weighted by Gasteiger charge is 2.47. The van der Waals surface area contributed by atoms with Crippen molar-refractivity contribution < 1.29 is 0 Å². The summed E-state index contributed by atoms with van der Waals surface area (Å²) in [7, 11) is 0. The number of benzene rings is 17. The van der Waals surface area contributed by atoms with Gasteiger partial charge in [0.15, 0.2) is 0 Å². The maximum atomic E-state index is 2.62. The monoisotopic (exact) mass is 1910 g/mol. The molecule has 3 nitrogen and oxygen atoms in total. The second-order valence-corrected chi connectivity index (χ2v) is 43.3. The van der Waals surface area contributed by atoms with Crippen molar-refractivity contribution in [3.8, 4) is 77.9 Å². The molecular formula is C143H149N3. The van der Waals surface area contributed by atoms with Crippen LogP contribution in [0.5, 0.6) is 0 Å². The fraction of sp³-hybridized carbons (Fsp3) is 0.301. The van der Waals surface area contributed by atoms with Crippen LogP contribution in [-0.4, -0.2) is 0 Å². The number of aryl methyl sites for hydroxylation is 2. The standard InChI is InChI=1S/C143H149N3/c1-8-14-20-40-94-141(95-41-21-15-9-2)134-55-37-34-52-127(134)130-91-87-121(101-137(130)141)144(115-46-28-26-29-47-115)117-79-64-106(65-80-117)104-58-73-112(74-59-104)140(7,114-77-62-110(63-78-114)133-100-111-72-90-124(111)125-50-32-33-51-126(125)133)113-75-60-105(61-76-113)107-66-83-119(84-67-107)146(123-89-93-132-129-54-36-39-57-136(129)143(139(132)103-123,98-44-24-18-12-5)99-45-25-19-13-6)120-85-70-109(71-86-120)108-68-81-118(82-69-108)145(116-48-30-27-31-49-116)122-88-92-131-128-53-35-38-56-135(128)142(138(131)102-122,96-42-22-16-10-3)97-43-23-17-11-4/h26-39,46-71,73-89,91-93,100-103H,8-25,40-45,72,90,94-99H2,1-7H3. The van der Waals surface area contributed by atoms with Gasteiger partial charge in [-0.1, -0.05) is 475 Å². The van der Waals surface area contributed by atoms with Crippen LogP contribution in [0.3, 0.4) is 0 Å². The van der Waals surface area contributed by atoms with E-state index in [2.05, 4.69) is 451 Å². The van der Waals surface area contributed by atoms with E-state index < -0.39 is 5.41 Å². The van der Waals surface area contributed by atoms with Crippen molar-refractivity contribution in [2.75, 3.05) is 14.7 Å². The molecule has 1 atom stereocenters. The molecule has 736 valence electrons. The van der Waals surface area contributed by atoms with Gasteiger partial charge < -0.3 is 14.7 Å². The van der Waals surface area contributed by atoms with Crippen LogP contribution in [0.1, 0.15) is 302 Å². The minimum absolute atomic E-state index is 0.0187. The molecule has 0 saturated carbocycles. The third kappa shape index (κ3) is 19.3. The minimum Gasteiger partial charge on any atom is -0.310 e. The molecule has 17 aromatic carbocycles. The number of nitrogens with zero attached hydrogens (tertiary/aromatic N) is 3. The van der Waals surface area contributed by atoms with Gasteiger partial charge in [-0.25, -0.2) is 0 Å². The van der Waals surface area contributed by atoms with Crippen molar-refractivity contribution in [2.45, 2.75) is 276 Å². The summed E-state index contributed by atoms with van der Waals surface area (Å²) in [6.07, 6.45) is 39.4. The average molecular weight is 1910 g/mol. The van der Waals surface area contributed by atoms with Crippen LogP contribution in [0.15, 0.2) is 388 Å². The number of hydrogen-bond donors (Lipinski definition) is 0. The summed E-state index contributed by atoms with van der Waals surface area (Å²) in [5.41, 5.74) is 43.9. The van der Waals surface area contributed by atoms with Gasteiger partial charge in [0.05, 0.1) is 0 Å². The van der Waals surface area contributed by atoms with Crippen LogP contribution in [-0.2, 0) is 34.5 Å². The molecule has 0 fully saturated rings. The maximum Gasteiger partial charge on any atom is 0.0465 e.